The summed E-state index contributed by atoms with van der Waals surface area (Å²) >= 11 is 0. The van der Waals surface area contributed by atoms with Gasteiger partial charge in [-0.25, -0.2) is 0 Å². The fourth-order valence-corrected chi connectivity index (χ4v) is 3.54. The number of hydrogen-bond acceptors (Lipinski definition) is 3. The highest BCUT2D eigenvalue weighted by molar-refractivity contribution is 6.60. The molecule has 0 N–H and O–H groups in total. The zero-order chi connectivity index (χ0) is 11.9. The van der Waals surface area contributed by atoms with Gasteiger partial charge in [0, 0.05) is 26.9 Å². The zero-order valence-corrected chi connectivity index (χ0v) is 11.2. The molecule has 0 aliphatic rings. The van der Waals surface area contributed by atoms with Gasteiger partial charge >= 0.3 is 8.80 Å². The number of hydrogen-bond donors (Lipinski definition) is 0. The van der Waals surface area contributed by atoms with Crippen molar-refractivity contribution in [1.29, 1.82) is 0 Å². The summed E-state index contributed by atoms with van der Waals surface area (Å²) in [6, 6.07) is 10.9. The molecule has 0 heterocycles. The minimum atomic E-state index is -2.51. The van der Waals surface area contributed by atoms with Crippen LogP contribution in [-0.4, -0.2) is 29.6 Å². The smallest absolute Gasteiger partial charge is 0.377 e. The fourth-order valence-electron chi connectivity index (χ4n) is 1.50. The van der Waals surface area contributed by atoms with Crippen LogP contribution in [0, 0.1) is 0 Å². The van der Waals surface area contributed by atoms with E-state index in [2.05, 4.69) is 19.1 Å². The van der Waals surface area contributed by atoms with Crippen molar-refractivity contribution >= 4 is 8.80 Å². The normalized spacial score (nSPS) is 11.7. The molecular formula is C12H20O3Si. The molecule has 0 spiro atoms. The first-order valence-corrected chi connectivity index (χ1v) is 7.47. The molecule has 0 saturated heterocycles. The van der Waals surface area contributed by atoms with Gasteiger partial charge in [0.15, 0.2) is 0 Å². The number of rotatable bonds is 7. The molecule has 1 aromatic carbocycles. The number of benzene rings is 1. The summed E-state index contributed by atoms with van der Waals surface area (Å²) in [5, 5.41) is 0. The van der Waals surface area contributed by atoms with Crippen LogP contribution in [0.15, 0.2) is 30.3 Å². The Balaban J connectivity index is 2.70. The molecule has 0 bridgehead atoms. The second-order valence-corrected chi connectivity index (χ2v) is 6.43. The van der Waals surface area contributed by atoms with Gasteiger partial charge < -0.3 is 13.3 Å². The Kier molecular flexibility index (Phi) is 5.69. The van der Waals surface area contributed by atoms with Crippen LogP contribution in [0.3, 0.4) is 0 Å². The average molecular weight is 240 g/mol. The Morgan fingerprint density at radius 1 is 1.06 bits per heavy atom. The van der Waals surface area contributed by atoms with Gasteiger partial charge in [0.1, 0.15) is 0 Å². The zero-order valence-electron chi connectivity index (χ0n) is 10.2. The Bertz CT molecular complexity index is 286. The molecular weight excluding hydrogens is 220 g/mol. The Morgan fingerprint density at radius 3 is 2.19 bits per heavy atom. The van der Waals surface area contributed by atoms with Crippen LogP contribution in [0.4, 0.5) is 0 Å². The molecule has 0 saturated carbocycles. The van der Waals surface area contributed by atoms with Crippen LogP contribution < -0.4 is 0 Å². The molecule has 3 nitrogen and oxygen atoms in total. The van der Waals surface area contributed by atoms with Crippen molar-refractivity contribution in [1.82, 2.24) is 0 Å². The molecule has 90 valence electrons. The van der Waals surface area contributed by atoms with Crippen LogP contribution in [0.2, 0.25) is 0 Å². The van der Waals surface area contributed by atoms with Gasteiger partial charge in [-0.1, -0.05) is 37.3 Å². The van der Waals surface area contributed by atoms with Crippen molar-refractivity contribution in [3.05, 3.63) is 35.9 Å². The molecule has 4 heteroatoms. The molecule has 1 rings (SSSR count). The van der Waals surface area contributed by atoms with Gasteiger partial charge in [-0.2, -0.15) is 0 Å². The first-order valence-electron chi connectivity index (χ1n) is 5.54. The molecule has 0 atom stereocenters. The largest absolute Gasteiger partial charge is 0.505 e. The van der Waals surface area contributed by atoms with Gasteiger partial charge in [-0.15, -0.1) is 0 Å². The third kappa shape index (κ3) is 3.72. The van der Waals surface area contributed by atoms with E-state index in [0.29, 0.717) is 6.61 Å². The summed E-state index contributed by atoms with van der Waals surface area (Å²) in [6.45, 7) is 2.76. The van der Waals surface area contributed by atoms with Gasteiger partial charge in [0.05, 0.1) is 0 Å². The van der Waals surface area contributed by atoms with Crippen LogP contribution >= 0.6 is 0 Å². The Labute approximate surface area is 98.7 Å². The summed E-state index contributed by atoms with van der Waals surface area (Å²) in [4.78, 5) is 0. The molecule has 0 unspecified atom stereocenters. The van der Waals surface area contributed by atoms with Crippen molar-refractivity contribution in [3.63, 3.8) is 0 Å². The van der Waals surface area contributed by atoms with Crippen LogP contribution in [0.25, 0.3) is 0 Å². The first kappa shape index (κ1) is 13.4. The lowest BCUT2D eigenvalue weighted by Gasteiger charge is -2.26. The summed E-state index contributed by atoms with van der Waals surface area (Å²) in [6.07, 6.45) is 0.969. The SMILES string of the molecule is CCCO[Si](Cc1ccccc1)(OC)OC. The molecule has 0 amide bonds. The van der Waals surface area contributed by atoms with E-state index in [1.165, 1.54) is 5.56 Å². The van der Waals surface area contributed by atoms with Crippen molar-refractivity contribution in [2.75, 3.05) is 20.8 Å². The highest BCUT2D eigenvalue weighted by Gasteiger charge is 2.38. The molecule has 0 radical (unpaired) electrons. The van der Waals surface area contributed by atoms with E-state index in [4.69, 9.17) is 13.3 Å². The highest BCUT2D eigenvalue weighted by Crippen LogP contribution is 2.15. The van der Waals surface area contributed by atoms with E-state index in [1.54, 1.807) is 14.2 Å². The maximum absolute atomic E-state index is 5.78. The summed E-state index contributed by atoms with van der Waals surface area (Å²) in [7, 11) is 0.817. The molecule has 0 aliphatic carbocycles. The van der Waals surface area contributed by atoms with E-state index in [1.807, 2.05) is 18.2 Å². The van der Waals surface area contributed by atoms with E-state index in [9.17, 15) is 0 Å². The summed E-state index contributed by atoms with van der Waals surface area (Å²) in [5.41, 5.74) is 1.19. The van der Waals surface area contributed by atoms with Crippen molar-refractivity contribution in [3.8, 4) is 0 Å². The molecule has 1 aromatic rings. The van der Waals surface area contributed by atoms with E-state index in [0.717, 1.165) is 12.5 Å². The minimum absolute atomic E-state index is 0.681. The van der Waals surface area contributed by atoms with Gasteiger partial charge in [-0.3, -0.25) is 0 Å². The van der Waals surface area contributed by atoms with Crippen LogP contribution in [-0.2, 0) is 19.3 Å². The monoisotopic (exact) mass is 240 g/mol. The van der Waals surface area contributed by atoms with E-state index in [-0.39, 0.29) is 0 Å². The first-order chi connectivity index (χ1) is 7.76. The standard InChI is InChI=1S/C12H20O3Si/c1-4-10-15-16(13-2,14-3)11-12-8-6-5-7-9-12/h5-9H,4,10-11H2,1-3H3. The lowest BCUT2D eigenvalue weighted by Crippen LogP contribution is -2.46. The quantitative estimate of drug-likeness (QED) is 0.685. The summed E-state index contributed by atoms with van der Waals surface area (Å²) < 4.78 is 16.8. The highest BCUT2D eigenvalue weighted by atomic mass is 28.4. The second-order valence-electron chi connectivity index (χ2n) is 3.60. The molecule has 0 aliphatic heterocycles. The van der Waals surface area contributed by atoms with E-state index >= 15 is 0 Å². The van der Waals surface area contributed by atoms with Gasteiger partial charge in [0.2, 0.25) is 0 Å². The topological polar surface area (TPSA) is 27.7 Å². The lowest BCUT2D eigenvalue weighted by molar-refractivity contribution is 0.0974. The lowest BCUT2D eigenvalue weighted by atomic mass is 10.2. The van der Waals surface area contributed by atoms with Gasteiger partial charge in [0.25, 0.3) is 0 Å². The van der Waals surface area contributed by atoms with Crippen LogP contribution in [0.5, 0.6) is 0 Å². The van der Waals surface area contributed by atoms with Crippen molar-refractivity contribution in [2.24, 2.45) is 0 Å². The Morgan fingerprint density at radius 2 is 1.69 bits per heavy atom. The maximum atomic E-state index is 5.78. The molecule has 0 aromatic heterocycles. The Hall–Kier alpha value is -0.683. The van der Waals surface area contributed by atoms with Gasteiger partial charge in [-0.05, 0) is 12.0 Å². The van der Waals surface area contributed by atoms with Crippen molar-refractivity contribution < 1.29 is 13.3 Å². The third-order valence-electron chi connectivity index (χ3n) is 2.41. The van der Waals surface area contributed by atoms with E-state index < -0.39 is 8.80 Å². The molecule has 0 fully saturated rings. The second kappa shape index (κ2) is 6.80. The third-order valence-corrected chi connectivity index (χ3v) is 5.14. The molecule has 16 heavy (non-hydrogen) atoms. The maximum Gasteiger partial charge on any atom is 0.505 e. The van der Waals surface area contributed by atoms with Crippen LogP contribution in [0.1, 0.15) is 18.9 Å². The van der Waals surface area contributed by atoms with Crippen molar-refractivity contribution in [2.45, 2.75) is 19.4 Å². The summed E-state index contributed by atoms with van der Waals surface area (Å²) in [5.74, 6) is 0. The average Bonchev–Trinajstić information content (AvgIpc) is 2.36. The predicted molar refractivity (Wildman–Crippen MR) is 66.2 cm³/mol. The minimum Gasteiger partial charge on any atom is -0.377 e. The fraction of sp³-hybridized carbons (Fsp3) is 0.500. The predicted octanol–water partition coefficient (Wildman–Crippen LogP) is 2.43.